The van der Waals surface area contributed by atoms with Crippen molar-refractivity contribution < 1.29 is 14.0 Å². The average Bonchev–Trinajstić information content (AvgIpc) is 3.17. The summed E-state index contributed by atoms with van der Waals surface area (Å²) in [5, 5.41) is 8.81. The Balaban J connectivity index is 1.70. The van der Waals surface area contributed by atoms with Crippen molar-refractivity contribution in [2.24, 2.45) is 0 Å². The fourth-order valence-electron chi connectivity index (χ4n) is 3.69. The molecule has 1 aliphatic carbocycles. The Kier molecular flexibility index (Phi) is 5.84. The number of nitrogens with one attached hydrogen (secondary N) is 3. The predicted molar refractivity (Wildman–Crippen MR) is 104 cm³/mol. The van der Waals surface area contributed by atoms with Crippen LogP contribution in [0.2, 0.25) is 0 Å². The molecule has 0 saturated heterocycles. The molecular formula is C21H27N3O3. The van der Waals surface area contributed by atoms with E-state index in [2.05, 4.69) is 16.0 Å². The maximum atomic E-state index is 12.9. The van der Waals surface area contributed by atoms with Gasteiger partial charge in [-0.3, -0.25) is 4.79 Å². The van der Waals surface area contributed by atoms with E-state index in [9.17, 15) is 9.59 Å². The standard InChI is InChI=1S/C21H27N3O3/c1-15-8-6-9-16(2)18(15)23-20(26)24-21(11-4-3-5-12-21)19(25)22-14-17-10-7-13-27-17/h6-10,13H,3-5,11-12,14H2,1-2H3,(H,22,25)(H2,23,24,26). The van der Waals surface area contributed by atoms with Gasteiger partial charge >= 0.3 is 6.03 Å². The van der Waals surface area contributed by atoms with Crippen LogP contribution in [0, 0.1) is 13.8 Å². The molecule has 0 radical (unpaired) electrons. The van der Waals surface area contributed by atoms with E-state index in [0.717, 1.165) is 36.1 Å². The van der Waals surface area contributed by atoms with Crippen LogP contribution in [0.15, 0.2) is 41.0 Å². The molecule has 0 spiro atoms. The highest BCUT2D eigenvalue weighted by Crippen LogP contribution is 2.29. The highest BCUT2D eigenvalue weighted by atomic mass is 16.3. The van der Waals surface area contributed by atoms with E-state index in [1.165, 1.54) is 0 Å². The number of anilines is 1. The van der Waals surface area contributed by atoms with Crippen LogP contribution in [-0.4, -0.2) is 17.5 Å². The van der Waals surface area contributed by atoms with E-state index >= 15 is 0 Å². The molecule has 3 N–H and O–H groups in total. The molecule has 27 heavy (non-hydrogen) atoms. The third-order valence-corrected chi connectivity index (χ3v) is 5.22. The zero-order chi connectivity index (χ0) is 19.3. The third-order valence-electron chi connectivity index (χ3n) is 5.22. The van der Waals surface area contributed by atoms with Crippen molar-refractivity contribution in [3.05, 3.63) is 53.5 Å². The first-order valence-electron chi connectivity index (χ1n) is 9.46. The lowest BCUT2D eigenvalue weighted by Crippen LogP contribution is -2.60. The molecule has 0 unspecified atom stereocenters. The Morgan fingerprint density at radius 3 is 2.37 bits per heavy atom. The number of para-hydroxylation sites is 1. The van der Waals surface area contributed by atoms with E-state index < -0.39 is 5.54 Å². The Hall–Kier alpha value is -2.76. The number of aryl methyl sites for hydroxylation is 2. The summed E-state index contributed by atoms with van der Waals surface area (Å²) in [6, 6.07) is 9.12. The third kappa shape index (κ3) is 4.51. The molecule has 6 heteroatoms. The van der Waals surface area contributed by atoms with Gasteiger partial charge in [-0.2, -0.15) is 0 Å². The largest absolute Gasteiger partial charge is 0.467 e. The maximum absolute atomic E-state index is 12.9. The van der Waals surface area contributed by atoms with Gasteiger partial charge in [0, 0.05) is 5.69 Å². The molecule has 1 aromatic carbocycles. The van der Waals surface area contributed by atoms with Crippen molar-refractivity contribution in [3.8, 4) is 0 Å². The molecule has 0 aliphatic heterocycles. The zero-order valence-corrected chi connectivity index (χ0v) is 15.9. The van der Waals surface area contributed by atoms with Crippen LogP contribution in [0.1, 0.15) is 49.0 Å². The maximum Gasteiger partial charge on any atom is 0.320 e. The van der Waals surface area contributed by atoms with Crippen molar-refractivity contribution in [2.75, 3.05) is 5.32 Å². The van der Waals surface area contributed by atoms with E-state index in [4.69, 9.17) is 4.42 Å². The Morgan fingerprint density at radius 2 is 1.74 bits per heavy atom. The van der Waals surface area contributed by atoms with E-state index in [1.54, 1.807) is 12.3 Å². The van der Waals surface area contributed by atoms with E-state index in [-0.39, 0.29) is 11.9 Å². The summed E-state index contributed by atoms with van der Waals surface area (Å²) in [5.74, 6) is 0.532. The molecule has 2 aromatic rings. The second kappa shape index (κ2) is 8.29. The molecule has 6 nitrogen and oxygen atoms in total. The van der Waals surface area contributed by atoms with Crippen molar-refractivity contribution in [1.82, 2.24) is 10.6 Å². The lowest BCUT2D eigenvalue weighted by molar-refractivity contribution is -0.128. The quantitative estimate of drug-likeness (QED) is 0.744. The number of urea groups is 1. The number of hydrogen-bond donors (Lipinski definition) is 3. The number of amides is 3. The molecule has 1 aliphatic rings. The molecule has 3 rings (SSSR count). The summed E-state index contributed by atoms with van der Waals surface area (Å²) in [7, 11) is 0. The monoisotopic (exact) mass is 369 g/mol. The first-order valence-corrected chi connectivity index (χ1v) is 9.46. The Morgan fingerprint density at radius 1 is 1.04 bits per heavy atom. The summed E-state index contributed by atoms with van der Waals surface area (Å²) in [5.41, 5.74) is 1.89. The van der Waals surface area contributed by atoms with Crippen LogP contribution in [0.25, 0.3) is 0 Å². The van der Waals surface area contributed by atoms with Crippen LogP contribution in [-0.2, 0) is 11.3 Å². The van der Waals surface area contributed by atoms with Crippen LogP contribution in [0.4, 0.5) is 10.5 Å². The Labute approximate surface area is 159 Å². The van der Waals surface area contributed by atoms with Gasteiger partial charge in [-0.25, -0.2) is 4.79 Å². The summed E-state index contributed by atoms with van der Waals surface area (Å²) < 4.78 is 5.28. The van der Waals surface area contributed by atoms with Crippen LogP contribution in [0.3, 0.4) is 0 Å². The Bertz CT molecular complexity index is 773. The lowest BCUT2D eigenvalue weighted by atomic mass is 9.81. The first kappa shape index (κ1) is 19.0. The van der Waals surface area contributed by atoms with Crippen LogP contribution in [0.5, 0.6) is 0 Å². The van der Waals surface area contributed by atoms with Crippen molar-refractivity contribution in [2.45, 2.75) is 58.0 Å². The SMILES string of the molecule is Cc1cccc(C)c1NC(=O)NC1(C(=O)NCc2ccco2)CCCCC1. The minimum atomic E-state index is -0.883. The van der Waals surface area contributed by atoms with Gasteiger partial charge in [-0.1, -0.05) is 37.5 Å². The summed E-state index contributed by atoms with van der Waals surface area (Å²) in [4.78, 5) is 25.6. The zero-order valence-electron chi connectivity index (χ0n) is 15.9. The molecular weight excluding hydrogens is 342 g/mol. The van der Waals surface area contributed by atoms with E-state index in [1.807, 2.05) is 38.1 Å². The number of hydrogen-bond acceptors (Lipinski definition) is 3. The normalized spacial score (nSPS) is 15.8. The second-order valence-corrected chi connectivity index (χ2v) is 7.25. The lowest BCUT2D eigenvalue weighted by Gasteiger charge is -2.36. The van der Waals surface area contributed by atoms with Crippen LogP contribution < -0.4 is 16.0 Å². The number of furan rings is 1. The molecule has 1 fully saturated rings. The topological polar surface area (TPSA) is 83.4 Å². The molecule has 0 bridgehead atoms. The van der Waals surface area contributed by atoms with Gasteiger partial charge in [0.2, 0.25) is 5.91 Å². The number of benzene rings is 1. The molecule has 144 valence electrons. The van der Waals surface area contributed by atoms with Gasteiger partial charge in [0.15, 0.2) is 0 Å². The number of carbonyl (C=O) groups is 2. The van der Waals surface area contributed by atoms with Gasteiger partial charge in [-0.05, 0) is 49.9 Å². The molecule has 0 atom stereocenters. The minimum absolute atomic E-state index is 0.157. The van der Waals surface area contributed by atoms with Gasteiger partial charge < -0.3 is 20.4 Å². The second-order valence-electron chi connectivity index (χ2n) is 7.25. The minimum Gasteiger partial charge on any atom is -0.467 e. The molecule has 3 amide bonds. The smallest absolute Gasteiger partial charge is 0.320 e. The number of rotatable bonds is 5. The van der Waals surface area contributed by atoms with Gasteiger partial charge in [0.1, 0.15) is 11.3 Å². The van der Waals surface area contributed by atoms with Gasteiger partial charge in [0.25, 0.3) is 0 Å². The fraction of sp³-hybridized carbons (Fsp3) is 0.429. The van der Waals surface area contributed by atoms with Crippen molar-refractivity contribution in [1.29, 1.82) is 0 Å². The predicted octanol–water partition coefficient (Wildman–Crippen LogP) is 4.04. The number of carbonyl (C=O) groups excluding carboxylic acids is 2. The van der Waals surface area contributed by atoms with Crippen molar-refractivity contribution >= 4 is 17.6 Å². The van der Waals surface area contributed by atoms with Crippen LogP contribution >= 0.6 is 0 Å². The molecule has 1 saturated carbocycles. The highest BCUT2D eigenvalue weighted by molar-refractivity contribution is 5.96. The highest BCUT2D eigenvalue weighted by Gasteiger charge is 2.40. The molecule has 1 aromatic heterocycles. The first-order chi connectivity index (χ1) is 13.0. The van der Waals surface area contributed by atoms with Gasteiger partial charge in [0.05, 0.1) is 12.8 Å². The average molecular weight is 369 g/mol. The molecule has 1 heterocycles. The van der Waals surface area contributed by atoms with E-state index in [0.29, 0.717) is 25.1 Å². The fourth-order valence-corrected chi connectivity index (χ4v) is 3.69. The van der Waals surface area contributed by atoms with Gasteiger partial charge in [-0.15, -0.1) is 0 Å². The van der Waals surface area contributed by atoms with Crippen molar-refractivity contribution in [3.63, 3.8) is 0 Å². The summed E-state index contributed by atoms with van der Waals surface area (Å²) in [6.07, 6.45) is 5.76. The summed E-state index contributed by atoms with van der Waals surface area (Å²) >= 11 is 0. The summed E-state index contributed by atoms with van der Waals surface area (Å²) in [6.45, 7) is 4.22.